The lowest BCUT2D eigenvalue weighted by atomic mass is 10.2. The highest BCUT2D eigenvalue weighted by molar-refractivity contribution is 9.10. The maximum atomic E-state index is 5.65. The molecular formula is C10H11BrN2. The molecule has 13 heavy (non-hydrogen) atoms. The first-order chi connectivity index (χ1) is 6.24. The molecule has 2 N–H and O–H groups in total. The van der Waals surface area contributed by atoms with Crippen LogP contribution in [0.2, 0.25) is 0 Å². The third-order valence-corrected chi connectivity index (χ3v) is 2.89. The van der Waals surface area contributed by atoms with E-state index >= 15 is 0 Å². The van der Waals surface area contributed by atoms with Crippen LogP contribution < -0.4 is 5.73 Å². The summed E-state index contributed by atoms with van der Waals surface area (Å²) in [6.07, 6.45) is 2.08. The summed E-state index contributed by atoms with van der Waals surface area (Å²) in [7, 11) is 2.03. The largest absolute Gasteiger partial charge is 0.349 e. The van der Waals surface area contributed by atoms with Gasteiger partial charge in [0, 0.05) is 29.6 Å². The molecule has 2 aromatic rings. The molecule has 0 spiro atoms. The number of hydrogen-bond donors (Lipinski definition) is 1. The highest BCUT2D eigenvalue weighted by atomic mass is 79.9. The summed E-state index contributed by atoms with van der Waals surface area (Å²) >= 11 is 3.53. The Balaban J connectivity index is 2.87. The lowest BCUT2D eigenvalue weighted by Crippen LogP contribution is -1.94. The summed E-state index contributed by atoms with van der Waals surface area (Å²) in [5, 5.41) is 1.24. The van der Waals surface area contributed by atoms with Crippen molar-refractivity contribution in [1.29, 1.82) is 0 Å². The monoisotopic (exact) mass is 238 g/mol. The van der Waals surface area contributed by atoms with Crippen LogP contribution in [0.25, 0.3) is 10.9 Å². The molecule has 3 heteroatoms. The van der Waals surface area contributed by atoms with Crippen LogP contribution in [0.5, 0.6) is 0 Å². The van der Waals surface area contributed by atoms with Crippen molar-refractivity contribution in [2.24, 2.45) is 12.8 Å². The summed E-state index contributed by atoms with van der Waals surface area (Å²) in [5.74, 6) is 0. The Bertz CT molecular complexity index is 445. The van der Waals surface area contributed by atoms with Crippen LogP contribution in [0.15, 0.2) is 28.9 Å². The maximum absolute atomic E-state index is 5.65. The van der Waals surface area contributed by atoms with E-state index in [2.05, 4.69) is 32.8 Å². The zero-order chi connectivity index (χ0) is 9.42. The van der Waals surface area contributed by atoms with Crippen molar-refractivity contribution in [2.75, 3.05) is 0 Å². The minimum atomic E-state index is 0.591. The molecule has 0 atom stereocenters. The number of halogens is 1. The van der Waals surface area contributed by atoms with Crippen molar-refractivity contribution in [1.82, 2.24) is 4.57 Å². The topological polar surface area (TPSA) is 30.9 Å². The molecule has 1 aromatic carbocycles. The predicted octanol–water partition coefficient (Wildman–Crippen LogP) is 2.40. The number of benzene rings is 1. The fourth-order valence-electron chi connectivity index (χ4n) is 1.66. The zero-order valence-electron chi connectivity index (χ0n) is 7.42. The van der Waals surface area contributed by atoms with Crippen molar-refractivity contribution in [3.05, 3.63) is 34.4 Å². The first kappa shape index (κ1) is 8.78. The van der Waals surface area contributed by atoms with Crippen LogP contribution >= 0.6 is 15.9 Å². The molecule has 0 fully saturated rings. The molecule has 2 rings (SSSR count). The second-order valence-corrected chi connectivity index (χ2v) is 3.96. The van der Waals surface area contributed by atoms with E-state index in [4.69, 9.17) is 5.73 Å². The van der Waals surface area contributed by atoms with Gasteiger partial charge >= 0.3 is 0 Å². The fourth-order valence-corrected chi connectivity index (χ4v) is 2.31. The fraction of sp³-hybridized carbons (Fsp3) is 0.200. The van der Waals surface area contributed by atoms with E-state index < -0.39 is 0 Å². The standard InChI is InChI=1S/C10H11BrN2/c1-13-6-7(5-12)8-3-2-4-9(11)10(8)13/h2-4,6H,5,12H2,1H3. The molecule has 1 heterocycles. The van der Waals surface area contributed by atoms with E-state index in [9.17, 15) is 0 Å². The number of rotatable bonds is 1. The Morgan fingerprint density at radius 1 is 1.46 bits per heavy atom. The lowest BCUT2D eigenvalue weighted by molar-refractivity contribution is 0.947. The zero-order valence-corrected chi connectivity index (χ0v) is 9.01. The van der Waals surface area contributed by atoms with Crippen molar-refractivity contribution in [3.8, 4) is 0 Å². The summed E-state index contributed by atoms with van der Waals surface area (Å²) in [4.78, 5) is 0. The smallest absolute Gasteiger partial charge is 0.0625 e. The van der Waals surface area contributed by atoms with E-state index in [0.29, 0.717) is 6.54 Å². The molecule has 1 aromatic heterocycles. The second-order valence-electron chi connectivity index (χ2n) is 3.11. The number of nitrogens with zero attached hydrogens (tertiary/aromatic N) is 1. The molecule has 0 saturated carbocycles. The number of aryl methyl sites for hydroxylation is 1. The third kappa shape index (κ3) is 1.28. The first-order valence-electron chi connectivity index (χ1n) is 4.16. The Morgan fingerprint density at radius 3 is 2.92 bits per heavy atom. The van der Waals surface area contributed by atoms with Gasteiger partial charge in [0.15, 0.2) is 0 Å². The maximum Gasteiger partial charge on any atom is 0.0625 e. The molecule has 0 aliphatic carbocycles. The number of nitrogens with two attached hydrogens (primary N) is 1. The molecule has 68 valence electrons. The van der Waals surface area contributed by atoms with Gasteiger partial charge in [0.25, 0.3) is 0 Å². The van der Waals surface area contributed by atoms with Crippen LogP contribution in [0, 0.1) is 0 Å². The van der Waals surface area contributed by atoms with Crippen LogP contribution in [-0.2, 0) is 13.6 Å². The summed E-state index contributed by atoms with van der Waals surface area (Å²) < 4.78 is 3.22. The van der Waals surface area contributed by atoms with Crippen LogP contribution in [0.1, 0.15) is 5.56 Å². The highest BCUT2D eigenvalue weighted by Crippen LogP contribution is 2.27. The Labute approximate surface area is 85.5 Å². The number of fused-ring (bicyclic) bond motifs is 1. The van der Waals surface area contributed by atoms with Gasteiger partial charge in [-0.1, -0.05) is 12.1 Å². The molecule has 2 nitrogen and oxygen atoms in total. The lowest BCUT2D eigenvalue weighted by Gasteiger charge is -1.98. The van der Waals surface area contributed by atoms with Crippen molar-refractivity contribution < 1.29 is 0 Å². The quantitative estimate of drug-likeness (QED) is 0.813. The van der Waals surface area contributed by atoms with Crippen LogP contribution in [0.3, 0.4) is 0 Å². The van der Waals surface area contributed by atoms with Gasteiger partial charge in [-0.2, -0.15) is 0 Å². The van der Waals surface area contributed by atoms with Gasteiger partial charge in [-0.25, -0.2) is 0 Å². The molecule has 0 aliphatic rings. The van der Waals surface area contributed by atoms with E-state index in [1.807, 2.05) is 19.2 Å². The number of aromatic nitrogens is 1. The van der Waals surface area contributed by atoms with E-state index in [1.54, 1.807) is 0 Å². The van der Waals surface area contributed by atoms with Crippen LogP contribution in [-0.4, -0.2) is 4.57 Å². The number of hydrogen-bond acceptors (Lipinski definition) is 1. The van der Waals surface area contributed by atoms with Gasteiger partial charge in [0.05, 0.1) is 5.52 Å². The Kier molecular flexibility index (Phi) is 2.14. The number of para-hydroxylation sites is 1. The predicted molar refractivity (Wildman–Crippen MR) is 58.5 cm³/mol. The summed E-state index contributed by atoms with van der Waals surface area (Å²) in [5.41, 5.74) is 8.06. The average molecular weight is 239 g/mol. The SMILES string of the molecule is Cn1cc(CN)c2cccc(Br)c21. The highest BCUT2D eigenvalue weighted by Gasteiger charge is 2.06. The normalized spacial score (nSPS) is 11.0. The molecule has 0 aliphatic heterocycles. The van der Waals surface area contributed by atoms with Crippen molar-refractivity contribution in [2.45, 2.75) is 6.54 Å². The minimum absolute atomic E-state index is 0.591. The van der Waals surface area contributed by atoms with Crippen LogP contribution in [0.4, 0.5) is 0 Å². The van der Waals surface area contributed by atoms with Gasteiger partial charge in [-0.05, 0) is 27.6 Å². The van der Waals surface area contributed by atoms with Gasteiger partial charge in [-0.3, -0.25) is 0 Å². The second kappa shape index (κ2) is 3.16. The minimum Gasteiger partial charge on any atom is -0.349 e. The third-order valence-electron chi connectivity index (χ3n) is 2.25. The molecule has 0 bridgehead atoms. The van der Waals surface area contributed by atoms with Gasteiger partial charge in [-0.15, -0.1) is 0 Å². The molecular weight excluding hydrogens is 228 g/mol. The molecule has 0 unspecified atom stereocenters. The Hall–Kier alpha value is -0.800. The summed E-state index contributed by atoms with van der Waals surface area (Å²) in [6.45, 7) is 0.591. The Morgan fingerprint density at radius 2 is 2.23 bits per heavy atom. The van der Waals surface area contributed by atoms with Gasteiger partial charge < -0.3 is 10.3 Å². The summed E-state index contributed by atoms with van der Waals surface area (Å²) in [6, 6.07) is 6.18. The van der Waals surface area contributed by atoms with Crippen molar-refractivity contribution >= 4 is 26.8 Å². The first-order valence-corrected chi connectivity index (χ1v) is 4.96. The van der Waals surface area contributed by atoms with E-state index in [1.165, 1.54) is 16.5 Å². The molecule has 0 radical (unpaired) electrons. The van der Waals surface area contributed by atoms with Crippen molar-refractivity contribution in [3.63, 3.8) is 0 Å². The average Bonchev–Trinajstić information content (AvgIpc) is 2.44. The molecule has 0 saturated heterocycles. The van der Waals surface area contributed by atoms with Gasteiger partial charge in [0.2, 0.25) is 0 Å². The van der Waals surface area contributed by atoms with E-state index in [0.717, 1.165) is 4.47 Å². The van der Waals surface area contributed by atoms with Gasteiger partial charge in [0.1, 0.15) is 0 Å². The molecule has 0 amide bonds. The van der Waals surface area contributed by atoms with E-state index in [-0.39, 0.29) is 0 Å².